The summed E-state index contributed by atoms with van der Waals surface area (Å²) >= 11 is 0. The summed E-state index contributed by atoms with van der Waals surface area (Å²) in [7, 11) is 0. The molecule has 1 unspecified atom stereocenters. The Balaban J connectivity index is 1.46. The number of halogens is 3. The molecule has 2 aromatic carbocycles. The van der Waals surface area contributed by atoms with Gasteiger partial charge in [0, 0.05) is 37.4 Å². The van der Waals surface area contributed by atoms with E-state index in [-0.39, 0.29) is 24.2 Å². The van der Waals surface area contributed by atoms with Gasteiger partial charge >= 0.3 is 12.1 Å². The number of carboxylic acids is 1. The van der Waals surface area contributed by atoms with Gasteiger partial charge in [0.1, 0.15) is 0 Å². The van der Waals surface area contributed by atoms with Gasteiger partial charge in [0.2, 0.25) is 5.88 Å². The predicted octanol–water partition coefficient (Wildman–Crippen LogP) is 7.23. The van der Waals surface area contributed by atoms with E-state index in [4.69, 9.17) is 11.4 Å². The first-order chi connectivity index (χ1) is 20.5. The smallest absolute Gasteiger partial charge is 0.415 e. The summed E-state index contributed by atoms with van der Waals surface area (Å²) in [6.45, 7) is 13.6. The highest BCUT2D eigenvalue weighted by molar-refractivity contribution is 5.70. The second-order valence-electron chi connectivity index (χ2n) is 12.1. The number of alkyl halides is 3. The fraction of sp³-hybridized carbons (Fsp3) is 0.515. The highest BCUT2D eigenvalue weighted by Crippen LogP contribution is 2.37. The molecular formula is C33H39F3N4O3. The number of anilines is 1. The molecule has 1 heterocycles. The van der Waals surface area contributed by atoms with Crippen LogP contribution in [0.5, 0.6) is 0 Å². The van der Waals surface area contributed by atoms with Gasteiger partial charge in [0.25, 0.3) is 0 Å². The first kappa shape index (κ1) is 30.7. The molecule has 2 aliphatic carbocycles. The number of hydroxylamine groups is 1. The zero-order valence-electron chi connectivity index (χ0n) is 24.7. The van der Waals surface area contributed by atoms with E-state index >= 15 is 0 Å². The quantitative estimate of drug-likeness (QED) is 0.282. The van der Waals surface area contributed by atoms with E-state index in [1.54, 1.807) is 0 Å². The van der Waals surface area contributed by atoms with Gasteiger partial charge < -0.3 is 19.7 Å². The number of aliphatic carboxylic acids is 1. The average molecular weight is 597 g/mol. The van der Waals surface area contributed by atoms with Crippen LogP contribution < -0.4 is 10.4 Å². The van der Waals surface area contributed by atoms with Gasteiger partial charge in [-0.05, 0) is 111 Å². The Morgan fingerprint density at radius 2 is 1.79 bits per heavy atom. The molecule has 0 radical (unpaired) electrons. The van der Waals surface area contributed by atoms with Crippen LogP contribution in [-0.4, -0.2) is 35.1 Å². The summed E-state index contributed by atoms with van der Waals surface area (Å²) in [5.41, 5.74) is 7.24. The minimum absolute atomic E-state index is 0.0504. The van der Waals surface area contributed by atoms with E-state index in [1.807, 2.05) is 17.9 Å². The lowest BCUT2D eigenvalue weighted by Crippen LogP contribution is -2.34. The topological polar surface area (TPSA) is 69.4 Å². The van der Waals surface area contributed by atoms with Crippen molar-refractivity contribution in [2.45, 2.75) is 84.1 Å². The largest absolute Gasteiger partial charge is 0.481 e. The SMILES string of the molecule is [C-]#[N+]c1cc(CN(Cc2cc3c(cc2N(CC)CC2CCC(C(=O)O)CC2)CCC3)C2=CC(C)NO2)cc(C(F)(F)F)c1. The molecule has 3 aliphatic rings. The summed E-state index contributed by atoms with van der Waals surface area (Å²) in [5, 5.41) is 9.43. The Bertz CT molecular complexity index is 1410. The van der Waals surface area contributed by atoms with Crippen LogP contribution in [-0.2, 0) is 41.7 Å². The molecule has 1 aliphatic heterocycles. The van der Waals surface area contributed by atoms with Gasteiger partial charge in [0.05, 0.1) is 18.5 Å². The van der Waals surface area contributed by atoms with Gasteiger partial charge in [-0.1, -0.05) is 12.1 Å². The molecule has 230 valence electrons. The fourth-order valence-corrected chi connectivity index (χ4v) is 6.62. The van der Waals surface area contributed by atoms with Crippen molar-refractivity contribution in [1.29, 1.82) is 0 Å². The van der Waals surface area contributed by atoms with Crippen LogP contribution in [0, 0.1) is 18.4 Å². The Morgan fingerprint density at radius 3 is 2.40 bits per heavy atom. The van der Waals surface area contributed by atoms with Crippen molar-refractivity contribution >= 4 is 17.3 Å². The molecule has 0 saturated heterocycles. The first-order valence-electron chi connectivity index (χ1n) is 15.1. The maximum absolute atomic E-state index is 13.7. The highest BCUT2D eigenvalue weighted by Gasteiger charge is 2.32. The molecule has 0 aromatic heterocycles. The van der Waals surface area contributed by atoms with Crippen LogP contribution in [0.1, 0.15) is 73.8 Å². The normalized spacial score (nSPS) is 21.5. The number of nitrogens with zero attached hydrogens (tertiary/aromatic N) is 3. The van der Waals surface area contributed by atoms with E-state index in [0.717, 1.165) is 68.6 Å². The van der Waals surface area contributed by atoms with Crippen molar-refractivity contribution in [3.8, 4) is 0 Å². The number of hydrogen-bond donors (Lipinski definition) is 2. The highest BCUT2D eigenvalue weighted by atomic mass is 19.4. The van der Waals surface area contributed by atoms with Crippen molar-refractivity contribution in [3.05, 3.63) is 81.5 Å². The Hall–Kier alpha value is -3.71. The number of carboxylic acid groups (broad SMARTS) is 1. The third kappa shape index (κ3) is 7.27. The van der Waals surface area contributed by atoms with Crippen LogP contribution in [0.3, 0.4) is 0 Å². The third-order valence-corrected chi connectivity index (χ3v) is 8.91. The molecule has 10 heteroatoms. The molecule has 0 amide bonds. The molecule has 0 bridgehead atoms. The fourth-order valence-electron chi connectivity index (χ4n) is 6.62. The molecule has 1 atom stereocenters. The zero-order chi connectivity index (χ0) is 30.7. The number of rotatable bonds is 10. The predicted molar refractivity (Wildman–Crippen MR) is 158 cm³/mol. The molecule has 1 fully saturated rings. The van der Waals surface area contributed by atoms with Gasteiger partial charge in [0.15, 0.2) is 5.69 Å². The van der Waals surface area contributed by atoms with Crippen LogP contribution in [0.4, 0.5) is 24.5 Å². The van der Waals surface area contributed by atoms with Gasteiger partial charge in [-0.15, -0.1) is 5.48 Å². The lowest BCUT2D eigenvalue weighted by atomic mass is 9.81. The maximum atomic E-state index is 13.7. The number of hydrogen-bond acceptors (Lipinski definition) is 5. The van der Waals surface area contributed by atoms with Crippen molar-refractivity contribution in [1.82, 2.24) is 10.4 Å². The van der Waals surface area contributed by atoms with Crippen LogP contribution in [0.15, 0.2) is 42.3 Å². The lowest BCUT2D eigenvalue weighted by molar-refractivity contribution is -0.143. The van der Waals surface area contributed by atoms with E-state index in [9.17, 15) is 23.1 Å². The van der Waals surface area contributed by atoms with Crippen molar-refractivity contribution < 1.29 is 27.9 Å². The van der Waals surface area contributed by atoms with Crippen molar-refractivity contribution in [2.24, 2.45) is 11.8 Å². The summed E-state index contributed by atoms with van der Waals surface area (Å²) in [6.07, 6.45) is 3.61. The monoisotopic (exact) mass is 596 g/mol. The molecule has 1 saturated carbocycles. The Kier molecular flexibility index (Phi) is 9.21. The molecular weight excluding hydrogens is 557 g/mol. The van der Waals surface area contributed by atoms with Crippen molar-refractivity contribution in [2.75, 3.05) is 18.0 Å². The first-order valence-corrected chi connectivity index (χ1v) is 15.1. The van der Waals surface area contributed by atoms with Gasteiger partial charge in [-0.3, -0.25) is 4.79 Å². The molecule has 5 rings (SSSR count). The van der Waals surface area contributed by atoms with Crippen LogP contribution >= 0.6 is 0 Å². The summed E-state index contributed by atoms with van der Waals surface area (Å²) < 4.78 is 41.1. The second kappa shape index (κ2) is 12.9. The molecule has 7 nitrogen and oxygen atoms in total. The number of benzene rings is 2. The van der Waals surface area contributed by atoms with E-state index in [0.29, 0.717) is 36.8 Å². The van der Waals surface area contributed by atoms with Gasteiger partial charge in [-0.25, -0.2) is 4.85 Å². The minimum atomic E-state index is -4.56. The van der Waals surface area contributed by atoms with Crippen LogP contribution in [0.25, 0.3) is 4.85 Å². The summed E-state index contributed by atoms with van der Waals surface area (Å²) in [6, 6.07) is 7.98. The van der Waals surface area contributed by atoms with Crippen molar-refractivity contribution in [3.63, 3.8) is 0 Å². The third-order valence-electron chi connectivity index (χ3n) is 8.91. The molecule has 43 heavy (non-hydrogen) atoms. The summed E-state index contributed by atoms with van der Waals surface area (Å²) in [4.78, 5) is 24.9. The number of carbonyl (C=O) groups is 1. The molecule has 0 spiro atoms. The Morgan fingerprint density at radius 1 is 1.07 bits per heavy atom. The molecule has 2 aromatic rings. The average Bonchev–Trinajstić information content (AvgIpc) is 3.63. The number of fused-ring (bicyclic) bond motifs is 1. The number of aryl methyl sites for hydroxylation is 2. The van der Waals surface area contributed by atoms with Gasteiger partial charge in [-0.2, -0.15) is 13.2 Å². The maximum Gasteiger partial charge on any atom is 0.415 e. The van der Waals surface area contributed by atoms with E-state index in [2.05, 4.69) is 34.3 Å². The lowest BCUT2D eigenvalue weighted by Gasteiger charge is -2.35. The van der Waals surface area contributed by atoms with Crippen LogP contribution in [0.2, 0.25) is 0 Å². The van der Waals surface area contributed by atoms with E-state index in [1.165, 1.54) is 17.2 Å². The number of nitrogens with one attached hydrogen (secondary N) is 1. The summed E-state index contributed by atoms with van der Waals surface area (Å²) in [5.74, 6) is -0.0275. The Labute approximate surface area is 251 Å². The second-order valence-corrected chi connectivity index (χ2v) is 12.1. The standard InChI is InChI=1S/C33H39F3N4O3/c1-4-39(18-22-8-10-24(11-9-22)32(41)42)30-16-26-7-5-6-25(26)15-27(30)20-40(31-12-21(2)38-43-31)19-23-13-28(33(34,35)36)17-29(14-23)37-3/h12-17,21-22,24,38H,4-11,18-20H2,1-2H3,(H,41,42). The zero-order valence-corrected chi connectivity index (χ0v) is 24.7. The molecule has 2 N–H and O–H groups in total. The minimum Gasteiger partial charge on any atom is -0.481 e. The van der Waals surface area contributed by atoms with E-state index < -0.39 is 17.7 Å².